The fourth-order valence-electron chi connectivity index (χ4n) is 2.82. The third-order valence-corrected chi connectivity index (χ3v) is 5.83. The molecule has 7 nitrogen and oxygen atoms in total. The van der Waals surface area contributed by atoms with E-state index in [1.807, 2.05) is 43.3 Å². The molecule has 0 radical (unpaired) electrons. The van der Waals surface area contributed by atoms with Crippen LogP contribution < -0.4 is 20.7 Å². The third-order valence-electron chi connectivity index (χ3n) is 4.45. The van der Waals surface area contributed by atoms with Gasteiger partial charge in [0, 0.05) is 43.3 Å². The lowest BCUT2D eigenvalue weighted by atomic mass is 10.1. The van der Waals surface area contributed by atoms with Gasteiger partial charge in [-0.15, -0.1) is 0 Å². The lowest BCUT2D eigenvalue weighted by Gasteiger charge is -2.13. The molecule has 0 saturated heterocycles. The monoisotopic (exact) mass is 424 g/mol. The molecule has 0 aliphatic carbocycles. The molecule has 0 spiro atoms. The Hall–Kier alpha value is -3.52. The first-order valence-electron chi connectivity index (χ1n) is 9.27. The normalized spacial score (nSPS) is 11.0. The molecule has 0 atom stereocenters. The molecular weight excluding hydrogens is 400 g/mol. The van der Waals surface area contributed by atoms with Gasteiger partial charge in [0.2, 0.25) is 0 Å². The Labute approximate surface area is 176 Å². The zero-order valence-electron chi connectivity index (χ0n) is 16.8. The van der Waals surface area contributed by atoms with Gasteiger partial charge in [0.25, 0.3) is 15.9 Å². The smallest absolute Gasteiger partial charge is 0.261 e. The summed E-state index contributed by atoms with van der Waals surface area (Å²) >= 11 is 0. The standard InChI is InChI=1S/C22H24N4O3S/c1-26(2)20-11-9-16(10-12-20)15-24-22(27)17-5-3-7-19(13-17)25-30(28,29)21-8-4-6-18(23)14-21/h3-14,25H,15,23H2,1-2H3,(H,24,27). The second kappa shape index (κ2) is 8.87. The van der Waals surface area contributed by atoms with Crippen LogP contribution in [0.5, 0.6) is 0 Å². The maximum Gasteiger partial charge on any atom is 0.261 e. The molecule has 30 heavy (non-hydrogen) atoms. The predicted octanol–water partition coefficient (Wildman–Crippen LogP) is 3.07. The Balaban J connectivity index is 1.67. The topological polar surface area (TPSA) is 105 Å². The maximum absolute atomic E-state index is 12.6. The molecule has 0 aromatic heterocycles. The number of rotatable bonds is 7. The highest BCUT2D eigenvalue weighted by Gasteiger charge is 2.15. The van der Waals surface area contributed by atoms with E-state index >= 15 is 0 Å². The number of nitrogen functional groups attached to an aromatic ring is 1. The number of carbonyl (C=O) groups excluding carboxylic acids is 1. The Bertz CT molecular complexity index is 1140. The number of benzene rings is 3. The summed E-state index contributed by atoms with van der Waals surface area (Å²) in [5, 5.41) is 2.85. The van der Waals surface area contributed by atoms with Gasteiger partial charge in [-0.25, -0.2) is 8.42 Å². The van der Waals surface area contributed by atoms with Gasteiger partial charge in [-0.3, -0.25) is 9.52 Å². The summed E-state index contributed by atoms with van der Waals surface area (Å²) in [5.74, 6) is -0.295. The van der Waals surface area contributed by atoms with E-state index in [0.717, 1.165) is 11.3 Å². The van der Waals surface area contributed by atoms with Crippen LogP contribution in [0.2, 0.25) is 0 Å². The van der Waals surface area contributed by atoms with Crippen LogP contribution in [0.15, 0.2) is 77.7 Å². The van der Waals surface area contributed by atoms with Gasteiger partial charge >= 0.3 is 0 Å². The summed E-state index contributed by atoms with van der Waals surface area (Å²) in [5.41, 5.74) is 8.71. The molecule has 1 amide bonds. The lowest BCUT2D eigenvalue weighted by Crippen LogP contribution is -2.23. The first kappa shape index (κ1) is 21.2. The van der Waals surface area contributed by atoms with Crippen LogP contribution in [-0.4, -0.2) is 28.4 Å². The molecule has 4 N–H and O–H groups in total. The van der Waals surface area contributed by atoms with Gasteiger partial charge in [0.05, 0.1) is 4.90 Å². The highest BCUT2D eigenvalue weighted by molar-refractivity contribution is 7.92. The molecule has 0 aliphatic rings. The maximum atomic E-state index is 12.6. The number of nitrogens with zero attached hydrogens (tertiary/aromatic N) is 1. The molecule has 0 heterocycles. The number of nitrogens with one attached hydrogen (secondary N) is 2. The number of hydrogen-bond acceptors (Lipinski definition) is 5. The van der Waals surface area contributed by atoms with Crippen molar-refractivity contribution in [1.82, 2.24) is 5.32 Å². The molecule has 3 aromatic carbocycles. The molecule has 0 bridgehead atoms. The molecule has 3 aromatic rings. The van der Waals surface area contributed by atoms with Crippen LogP contribution >= 0.6 is 0 Å². The van der Waals surface area contributed by atoms with E-state index in [1.54, 1.807) is 30.3 Å². The van der Waals surface area contributed by atoms with Gasteiger partial charge < -0.3 is 16.0 Å². The zero-order valence-corrected chi connectivity index (χ0v) is 17.6. The summed E-state index contributed by atoms with van der Waals surface area (Å²) in [6.07, 6.45) is 0. The van der Waals surface area contributed by atoms with Crippen molar-refractivity contribution in [1.29, 1.82) is 0 Å². The summed E-state index contributed by atoms with van der Waals surface area (Å²) in [4.78, 5) is 14.6. The van der Waals surface area contributed by atoms with Crippen molar-refractivity contribution in [3.8, 4) is 0 Å². The number of sulfonamides is 1. The van der Waals surface area contributed by atoms with Gasteiger partial charge in [-0.1, -0.05) is 24.3 Å². The van der Waals surface area contributed by atoms with Crippen LogP contribution in [-0.2, 0) is 16.6 Å². The second-order valence-electron chi connectivity index (χ2n) is 7.00. The van der Waals surface area contributed by atoms with Crippen molar-refractivity contribution < 1.29 is 13.2 Å². The van der Waals surface area contributed by atoms with E-state index in [0.29, 0.717) is 23.5 Å². The molecular formula is C22H24N4O3S. The first-order valence-corrected chi connectivity index (χ1v) is 10.8. The van der Waals surface area contributed by atoms with Crippen molar-refractivity contribution in [3.63, 3.8) is 0 Å². The minimum absolute atomic E-state index is 0.0542. The summed E-state index contributed by atoms with van der Waals surface area (Å²) in [6.45, 7) is 0.367. The van der Waals surface area contributed by atoms with Crippen LogP contribution in [0.4, 0.5) is 17.1 Å². The predicted molar refractivity (Wildman–Crippen MR) is 120 cm³/mol. The number of hydrogen-bond donors (Lipinski definition) is 3. The summed E-state index contributed by atoms with van der Waals surface area (Å²) in [7, 11) is 0.116. The van der Waals surface area contributed by atoms with Gasteiger partial charge in [-0.05, 0) is 54.1 Å². The molecule has 3 rings (SSSR count). The van der Waals surface area contributed by atoms with Crippen molar-refractivity contribution in [2.45, 2.75) is 11.4 Å². The van der Waals surface area contributed by atoms with Gasteiger partial charge in [0.15, 0.2) is 0 Å². The van der Waals surface area contributed by atoms with E-state index in [4.69, 9.17) is 5.73 Å². The lowest BCUT2D eigenvalue weighted by molar-refractivity contribution is 0.0951. The molecule has 0 unspecified atom stereocenters. The highest BCUT2D eigenvalue weighted by atomic mass is 32.2. The van der Waals surface area contributed by atoms with Crippen molar-refractivity contribution in [2.75, 3.05) is 29.5 Å². The van der Waals surface area contributed by atoms with E-state index in [-0.39, 0.29) is 10.8 Å². The molecule has 0 saturated carbocycles. The zero-order chi connectivity index (χ0) is 21.7. The average Bonchev–Trinajstić information content (AvgIpc) is 2.72. The Morgan fingerprint density at radius 1 is 0.967 bits per heavy atom. The fraction of sp³-hybridized carbons (Fsp3) is 0.136. The number of nitrogens with two attached hydrogens (primary N) is 1. The average molecular weight is 425 g/mol. The number of anilines is 3. The molecule has 0 aliphatic heterocycles. The van der Waals surface area contributed by atoms with E-state index in [2.05, 4.69) is 10.0 Å². The first-order chi connectivity index (χ1) is 14.2. The van der Waals surface area contributed by atoms with Crippen molar-refractivity contribution in [2.24, 2.45) is 0 Å². The van der Waals surface area contributed by atoms with E-state index in [9.17, 15) is 13.2 Å². The van der Waals surface area contributed by atoms with Gasteiger partial charge in [-0.2, -0.15) is 0 Å². The Kier molecular flexibility index (Phi) is 6.27. The molecule has 8 heteroatoms. The minimum atomic E-state index is -3.81. The summed E-state index contributed by atoms with van der Waals surface area (Å²) in [6, 6.07) is 20.2. The summed E-state index contributed by atoms with van der Waals surface area (Å²) < 4.78 is 27.6. The minimum Gasteiger partial charge on any atom is -0.399 e. The third kappa shape index (κ3) is 5.30. The van der Waals surface area contributed by atoms with E-state index < -0.39 is 10.0 Å². The van der Waals surface area contributed by atoms with Crippen molar-refractivity contribution >= 4 is 33.0 Å². The second-order valence-corrected chi connectivity index (χ2v) is 8.68. The fourth-order valence-corrected chi connectivity index (χ4v) is 3.92. The Morgan fingerprint density at radius 2 is 1.67 bits per heavy atom. The molecule has 0 fully saturated rings. The van der Waals surface area contributed by atoms with Crippen LogP contribution in [0.25, 0.3) is 0 Å². The van der Waals surface area contributed by atoms with Crippen LogP contribution in [0.1, 0.15) is 15.9 Å². The number of amides is 1. The SMILES string of the molecule is CN(C)c1ccc(CNC(=O)c2cccc(NS(=O)(=O)c3cccc(N)c3)c2)cc1. The quantitative estimate of drug-likeness (QED) is 0.506. The van der Waals surface area contributed by atoms with Gasteiger partial charge in [0.1, 0.15) is 0 Å². The van der Waals surface area contributed by atoms with Crippen LogP contribution in [0.3, 0.4) is 0 Å². The number of carbonyl (C=O) groups is 1. The highest BCUT2D eigenvalue weighted by Crippen LogP contribution is 2.19. The molecule has 156 valence electrons. The largest absolute Gasteiger partial charge is 0.399 e. The van der Waals surface area contributed by atoms with E-state index in [1.165, 1.54) is 18.2 Å². The Morgan fingerprint density at radius 3 is 2.33 bits per heavy atom. The van der Waals surface area contributed by atoms with Crippen molar-refractivity contribution in [3.05, 3.63) is 83.9 Å². The van der Waals surface area contributed by atoms with Crippen LogP contribution in [0, 0.1) is 0 Å².